The summed E-state index contributed by atoms with van der Waals surface area (Å²) < 4.78 is 29.9. The van der Waals surface area contributed by atoms with Crippen LogP contribution < -0.4 is 4.83 Å². The van der Waals surface area contributed by atoms with E-state index >= 15 is 0 Å². The van der Waals surface area contributed by atoms with Crippen molar-refractivity contribution in [2.24, 2.45) is 0 Å². The number of hydrazine groups is 1. The van der Waals surface area contributed by atoms with Gasteiger partial charge < -0.3 is 4.42 Å². The summed E-state index contributed by atoms with van der Waals surface area (Å²) in [5.41, 5.74) is 0. The second kappa shape index (κ2) is 9.65. The number of thioether (sulfide) groups is 1. The maximum atomic E-state index is 12.4. The maximum Gasteiger partial charge on any atom is 0.281 e. The Morgan fingerprint density at radius 3 is 2.44 bits per heavy atom. The van der Waals surface area contributed by atoms with Crippen LogP contribution in [0, 0.1) is 0 Å². The Morgan fingerprint density at radius 1 is 1.11 bits per heavy atom. The molecule has 6 nitrogen and oxygen atoms in total. The standard InChI is InChI=1S/C16H12N2O4S3.2CH4/c19-15-14(10-4-6-12-7-5-11-22-12)24-16(23)18(15)17-25(20,21)13-8-2-1-3-9-13;;/h1-11,17H;2*1H4/b6-4+,14-10-;;. The summed E-state index contributed by atoms with van der Waals surface area (Å²) in [4.78, 5) is 15.0. The summed E-state index contributed by atoms with van der Waals surface area (Å²) in [5.74, 6) is 0.107. The Labute approximate surface area is 169 Å². The number of benzene rings is 1. The lowest BCUT2D eigenvalue weighted by molar-refractivity contribution is -0.123. The highest BCUT2D eigenvalue weighted by Crippen LogP contribution is 2.30. The van der Waals surface area contributed by atoms with Crippen molar-refractivity contribution in [1.82, 2.24) is 9.84 Å². The number of carbonyl (C=O) groups excluding carboxylic acids is 1. The van der Waals surface area contributed by atoms with Crippen LogP contribution in [0.5, 0.6) is 0 Å². The number of hydrogen-bond donors (Lipinski definition) is 1. The topological polar surface area (TPSA) is 79.6 Å². The van der Waals surface area contributed by atoms with E-state index in [1.165, 1.54) is 18.4 Å². The molecule has 0 unspecified atom stereocenters. The molecule has 0 saturated carbocycles. The SMILES string of the molecule is C.C.O=C1/C(=C/C=C/c2ccco2)SC(=S)N1NS(=O)(=O)c1ccccc1. The number of amides is 1. The van der Waals surface area contributed by atoms with E-state index in [1.54, 1.807) is 48.6 Å². The molecule has 1 aliphatic rings. The average Bonchev–Trinajstić information content (AvgIpc) is 3.20. The third kappa shape index (κ3) is 5.39. The van der Waals surface area contributed by atoms with Crippen LogP contribution in [0.4, 0.5) is 0 Å². The van der Waals surface area contributed by atoms with Crippen LogP contribution in [0.15, 0.2) is 75.1 Å². The van der Waals surface area contributed by atoms with Crippen LogP contribution >= 0.6 is 24.0 Å². The van der Waals surface area contributed by atoms with Crippen LogP contribution in [0.25, 0.3) is 6.08 Å². The van der Waals surface area contributed by atoms with E-state index in [2.05, 4.69) is 4.83 Å². The molecule has 1 aromatic heterocycles. The van der Waals surface area contributed by atoms with E-state index in [0.717, 1.165) is 16.8 Å². The summed E-state index contributed by atoms with van der Waals surface area (Å²) in [6.07, 6.45) is 6.41. The number of carbonyl (C=O) groups is 1. The Morgan fingerprint density at radius 2 is 1.81 bits per heavy atom. The molecule has 0 spiro atoms. The first-order chi connectivity index (χ1) is 12.0. The molecule has 9 heteroatoms. The molecule has 1 amide bonds. The van der Waals surface area contributed by atoms with Crippen molar-refractivity contribution in [1.29, 1.82) is 0 Å². The molecule has 1 aliphatic heterocycles. The predicted octanol–water partition coefficient (Wildman–Crippen LogP) is 4.20. The molecular formula is C18H20N2O4S3. The largest absolute Gasteiger partial charge is 0.465 e. The van der Waals surface area contributed by atoms with Crippen LogP contribution in [0.1, 0.15) is 20.6 Å². The van der Waals surface area contributed by atoms with E-state index in [1.807, 2.05) is 0 Å². The highest BCUT2D eigenvalue weighted by molar-refractivity contribution is 8.26. The number of allylic oxidation sites excluding steroid dienone is 2. The summed E-state index contributed by atoms with van der Waals surface area (Å²) in [6.45, 7) is 0. The van der Waals surface area contributed by atoms with Gasteiger partial charge in [-0.3, -0.25) is 4.79 Å². The Kier molecular flexibility index (Phi) is 8.17. The third-order valence-electron chi connectivity index (χ3n) is 3.11. The number of rotatable bonds is 5. The first-order valence-electron chi connectivity index (χ1n) is 7.03. The van der Waals surface area contributed by atoms with Gasteiger partial charge in [0.05, 0.1) is 16.1 Å². The molecule has 144 valence electrons. The van der Waals surface area contributed by atoms with Crippen LogP contribution in [-0.2, 0) is 14.8 Å². The van der Waals surface area contributed by atoms with Gasteiger partial charge in [0.2, 0.25) is 0 Å². The van der Waals surface area contributed by atoms with E-state index in [9.17, 15) is 13.2 Å². The first-order valence-corrected chi connectivity index (χ1v) is 9.74. The lowest BCUT2D eigenvalue weighted by Gasteiger charge is -2.15. The molecule has 27 heavy (non-hydrogen) atoms. The molecule has 1 saturated heterocycles. The normalized spacial score (nSPS) is 15.9. The van der Waals surface area contributed by atoms with Crippen LogP contribution in [0.3, 0.4) is 0 Å². The maximum absolute atomic E-state index is 12.4. The summed E-state index contributed by atoms with van der Waals surface area (Å²) in [5, 5.41) is 0.856. The minimum absolute atomic E-state index is 0. The quantitative estimate of drug-likeness (QED) is 0.572. The minimum atomic E-state index is -3.89. The molecule has 0 aliphatic carbocycles. The fourth-order valence-electron chi connectivity index (χ4n) is 1.95. The summed E-state index contributed by atoms with van der Waals surface area (Å²) in [7, 11) is -3.89. The second-order valence-corrected chi connectivity index (χ2v) is 8.16. The number of sulfonamides is 1. The lowest BCUT2D eigenvalue weighted by atomic mass is 10.3. The fourth-order valence-corrected chi connectivity index (χ4v) is 4.23. The average molecular weight is 425 g/mol. The van der Waals surface area contributed by atoms with E-state index in [0.29, 0.717) is 10.7 Å². The van der Waals surface area contributed by atoms with Gasteiger partial charge in [0, 0.05) is 0 Å². The van der Waals surface area contributed by atoms with Gasteiger partial charge in [0.1, 0.15) is 5.76 Å². The van der Waals surface area contributed by atoms with Crippen molar-refractivity contribution in [3.63, 3.8) is 0 Å². The molecule has 2 aromatic rings. The van der Waals surface area contributed by atoms with Gasteiger partial charge in [-0.2, -0.15) is 0 Å². The van der Waals surface area contributed by atoms with Crippen molar-refractivity contribution in [2.75, 3.05) is 0 Å². The van der Waals surface area contributed by atoms with Crippen molar-refractivity contribution in [3.8, 4) is 0 Å². The van der Waals surface area contributed by atoms with Gasteiger partial charge in [-0.1, -0.05) is 63.1 Å². The van der Waals surface area contributed by atoms with Crippen LogP contribution in [0.2, 0.25) is 0 Å². The van der Waals surface area contributed by atoms with Gasteiger partial charge in [-0.05, 0) is 36.4 Å². The molecule has 1 aromatic carbocycles. The molecule has 1 fully saturated rings. The lowest BCUT2D eigenvalue weighted by Crippen LogP contribution is -2.44. The van der Waals surface area contributed by atoms with E-state index in [-0.39, 0.29) is 24.1 Å². The molecule has 0 atom stereocenters. The Bertz CT molecular complexity index is 950. The number of nitrogens with zero attached hydrogens (tertiary/aromatic N) is 1. The fraction of sp³-hybridized carbons (Fsp3) is 0.111. The predicted molar refractivity (Wildman–Crippen MR) is 113 cm³/mol. The van der Waals surface area contributed by atoms with E-state index < -0.39 is 15.9 Å². The first kappa shape index (κ1) is 22.8. The van der Waals surface area contributed by atoms with Gasteiger partial charge >= 0.3 is 0 Å². The smallest absolute Gasteiger partial charge is 0.281 e. The zero-order chi connectivity index (χ0) is 17.9. The number of nitrogens with one attached hydrogen (secondary N) is 1. The minimum Gasteiger partial charge on any atom is -0.465 e. The second-order valence-electron chi connectivity index (χ2n) is 4.82. The highest BCUT2D eigenvalue weighted by atomic mass is 32.2. The zero-order valence-electron chi connectivity index (χ0n) is 12.7. The number of hydrogen-bond acceptors (Lipinski definition) is 6. The Hall–Kier alpha value is -2.20. The molecule has 2 heterocycles. The summed E-state index contributed by atoms with van der Waals surface area (Å²) in [6, 6.07) is 11.3. The molecular weight excluding hydrogens is 404 g/mol. The van der Waals surface area contributed by atoms with Gasteiger partial charge in [0.25, 0.3) is 15.9 Å². The monoisotopic (exact) mass is 424 g/mol. The summed E-state index contributed by atoms with van der Waals surface area (Å²) >= 11 is 6.12. The van der Waals surface area contributed by atoms with Gasteiger partial charge in [-0.25, -0.2) is 13.4 Å². The highest BCUT2D eigenvalue weighted by Gasteiger charge is 2.35. The Balaban J connectivity index is 0.00000182. The van der Waals surface area contributed by atoms with Crippen molar-refractivity contribution < 1.29 is 17.6 Å². The van der Waals surface area contributed by atoms with Crippen molar-refractivity contribution >= 4 is 50.3 Å². The van der Waals surface area contributed by atoms with Crippen molar-refractivity contribution in [2.45, 2.75) is 19.7 Å². The van der Waals surface area contributed by atoms with Gasteiger partial charge in [-0.15, -0.1) is 4.83 Å². The molecule has 0 radical (unpaired) electrons. The van der Waals surface area contributed by atoms with E-state index in [4.69, 9.17) is 16.6 Å². The zero-order valence-corrected chi connectivity index (χ0v) is 15.1. The van der Waals surface area contributed by atoms with Crippen LogP contribution in [-0.4, -0.2) is 23.7 Å². The van der Waals surface area contributed by atoms with Gasteiger partial charge in [0.15, 0.2) is 4.32 Å². The number of furan rings is 1. The molecule has 0 bridgehead atoms. The van der Waals surface area contributed by atoms with Crippen molar-refractivity contribution in [3.05, 3.63) is 71.5 Å². The molecule has 3 rings (SSSR count). The third-order valence-corrected chi connectivity index (χ3v) is 5.75. The number of thiocarbonyl (C=S) groups is 1. The molecule has 1 N–H and O–H groups in total.